The van der Waals surface area contributed by atoms with Crippen molar-refractivity contribution in [1.82, 2.24) is 0 Å². The van der Waals surface area contributed by atoms with Gasteiger partial charge in [0.05, 0.1) is 12.3 Å². The van der Waals surface area contributed by atoms with Gasteiger partial charge in [0, 0.05) is 13.0 Å². The van der Waals surface area contributed by atoms with Crippen LogP contribution in [-0.2, 0) is 11.2 Å². The van der Waals surface area contributed by atoms with Gasteiger partial charge >= 0.3 is 0 Å². The third-order valence-electron chi connectivity index (χ3n) is 2.98. The molecule has 3 N–H and O–H groups in total. The molecule has 1 unspecified atom stereocenters. The number of nitrogens with one attached hydrogen (secondary N) is 1. The van der Waals surface area contributed by atoms with Gasteiger partial charge in [-0.25, -0.2) is 0 Å². The topological polar surface area (TPSA) is 64.3 Å². The molecule has 0 bridgehead atoms. The number of carbonyl (C=O) groups is 1. The molecule has 1 atom stereocenters. The Morgan fingerprint density at radius 1 is 1.42 bits per heavy atom. The molecule has 0 saturated carbocycles. The number of ether oxygens (including phenoxy) is 1. The number of hydrogen-bond donors (Lipinski definition) is 2. The fourth-order valence-electron chi connectivity index (χ4n) is 1.77. The van der Waals surface area contributed by atoms with E-state index in [1.54, 1.807) is 0 Å². The summed E-state index contributed by atoms with van der Waals surface area (Å²) in [5.41, 5.74) is 7.91. The molecular weight excluding hydrogens is 240 g/mol. The van der Waals surface area contributed by atoms with Gasteiger partial charge in [0.15, 0.2) is 0 Å². The third kappa shape index (κ3) is 4.91. The first-order valence-electron chi connectivity index (χ1n) is 6.73. The molecule has 0 aliphatic heterocycles. The number of carbonyl (C=O) groups excluding carboxylic acids is 1. The maximum Gasteiger partial charge on any atom is 0.221 e. The standard InChI is InChI=1S/C15H24N2O2/c1-5-19-15-9-12(8-13(16)10(2)3)6-7-14(15)17-11(4)18/h6-7,9-10,13H,5,8,16H2,1-4H3,(H,17,18). The molecule has 1 amide bonds. The van der Waals surface area contributed by atoms with Crippen molar-refractivity contribution in [3.63, 3.8) is 0 Å². The average molecular weight is 264 g/mol. The second kappa shape index (κ2) is 7.14. The predicted molar refractivity (Wildman–Crippen MR) is 78.4 cm³/mol. The molecule has 1 rings (SSSR count). The van der Waals surface area contributed by atoms with Crippen molar-refractivity contribution in [2.45, 2.75) is 40.2 Å². The molecule has 0 aliphatic carbocycles. The molecular formula is C15H24N2O2. The van der Waals surface area contributed by atoms with Gasteiger partial charge in [0.25, 0.3) is 0 Å². The van der Waals surface area contributed by atoms with E-state index in [2.05, 4.69) is 19.2 Å². The van der Waals surface area contributed by atoms with E-state index in [1.807, 2.05) is 25.1 Å². The molecule has 4 heteroatoms. The van der Waals surface area contributed by atoms with Crippen molar-refractivity contribution in [2.75, 3.05) is 11.9 Å². The van der Waals surface area contributed by atoms with E-state index in [0.717, 1.165) is 12.0 Å². The van der Waals surface area contributed by atoms with Crippen LogP contribution in [0.1, 0.15) is 33.3 Å². The minimum absolute atomic E-state index is 0.104. The van der Waals surface area contributed by atoms with Crippen molar-refractivity contribution < 1.29 is 9.53 Å². The van der Waals surface area contributed by atoms with Crippen molar-refractivity contribution in [2.24, 2.45) is 11.7 Å². The van der Waals surface area contributed by atoms with Gasteiger partial charge in [0.2, 0.25) is 5.91 Å². The highest BCUT2D eigenvalue weighted by Gasteiger charge is 2.11. The fourth-order valence-corrected chi connectivity index (χ4v) is 1.77. The summed E-state index contributed by atoms with van der Waals surface area (Å²) in [6, 6.07) is 5.93. The van der Waals surface area contributed by atoms with Gasteiger partial charge in [-0.15, -0.1) is 0 Å². The Morgan fingerprint density at radius 2 is 2.11 bits per heavy atom. The first-order valence-corrected chi connectivity index (χ1v) is 6.73. The lowest BCUT2D eigenvalue weighted by Gasteiger charge is -2.17. The van der Waals surface area contributed by atoms with Crippen LogP contribution in [0.25, 0.3) is 0 Å². The van der Waals surface area contributed by atoms with Crippen LogP contribution in [0, 0.1) is 5.92 Å². The minimum atomic E-state index is -0.104. The predicted octanol–water partition coefficient (Wildman–Crippen LogP) is 2.57. The lowest BCUT2D eigenvalue weighted by atomic mass is 9.97. The summed E-state index contributed by atoms with van der Waals surface area (Å²) in [5, 5.41) is 2.77. The zero-order valence-electron chi connectivity index (χ0n) is 12.2. The van der Waals surface area contributed by atoms with E-state index >= 15 is 0 Å². The number of rotatable bonds is 6. The summed E-state index contributed by atoms with van der Waals surface area (Å²) in [5.74, 6) is 1.03. The first-order chi connectivity index (χ1) is 8.93. The van der Waals surface area contributed by atoms with Gasteiger partial charge < -0.3 is 15.8 Å². The Balaban J connectivity index is 2.91. The second-order valence-corrected chi connectivity index (χ2v) is 5.06. The highest BCUT2D eigenvalue weighted by molar-refractivity contribution is 5.90. The maximum absolute atomic E-state index is 11.1. The fraction of sp³-hybridized carbons (Fsp3) is 0.533. The quantitative estimate of drug-likeness (QED) is 0.830. The lowest BCUT2D eigenvalue weighted by molar-refractivity contribution is -0.114. The Morgan fingerprint density at radius 3 is 2.63 bits per heavy atom. The molecule has 0 aliphatic rings. The number of nitrogens with two attached hydrogens (primary N) is 1. The van der Waals surface area contributed by atoms with Crippen molar-refractivity contribution >= 4 is 11.6 Å². The molecule has 4 nitrogen and oxygen atoms in total. The summed E-state index contributed by atoms with van der Waals surface area (Å²) < 4.78 is 5.57. The Kier molecular flexibility index (Phi) is 5.83. The summed E-state index contributed by atoms with van der Waals surface area (Å²) in [4.78, 5) is 11.1. The summed E-state index contributed by atoms with van der Waals surface area (Å²) in [7, 11) is 0. The van der Waals surface area contributed by atoms with Crippen LogP contribution in [0.2, 0.25) is 0 Å². The van der Waals surface area contributed by atoms with E-state index in [9.17, 15) is 4.79 Å². The van der Waals surface area contributed by atoms with Gasteiger partial charge in [0.1, 0.15) is 5.75 Å². The number of amides is 1. The smallest absolute Gasteiger partial charge is 0.221 e. The van der Waals surface area contributed by atoms with E-state index in [1.165, 1.54) is 6.92 Å². The zero-order chi connectivity index (χ0) is 14.4. The normalized spacial score (nSPS) is 12.3. The molecule has 19 heavy (non-hydrogen) atoms. The first kappa shape index (κ1) is 15.5. The third-order valence-corrected chi connectivity index (χ3v) is 2.98. The Labute approximate surface area is 115 Å². The van der Waals surface area contributed by atoms with Gasteiger partial charge in [-0.3, -0.25) is 4.79 Å². The number of benzene rings is 1. The molecule has 106 valence electrons. The van der Waals surface area contributed by atoms with Gasteiger partial charge in [-0.2, -0.15) is 0 Å². The van der Waals surface area contributed by atoms with E-state index < -0.39 is 0 Å². The van der Waals surface area contributed by atoms with Crippen LogP contribution < -0.4 is 15.8 Å². The number of hydrogen-bond acceptors (Lipinski definition) is 3. The molecule has 0 heterocycles. The number of anilines is 1. The Bertz CT molecular complexity index is 430. The largest absolute Gasteiger partial charge is 0.492 e. The summed E-state index contributed by atoms with van der Waals surface area (Å²) >= 11 is 0. The molecule has 1 aromatic rings. The minimum Gasteiger partial charge on any atom is -0.492 e. The van der Waals surface area contributed by atoms with Crippen LogP contribution in [0.4, 0.5) is 5.69 Å². The molecule has 0 aromatic heterocycles. The second-order valence-electron chi connectivity index (χ2n) is 5.06. The molecule has 0 fully saturated rings. The summed E-state index contributed by atoms with van der Waals surface area (Å²) in [6.07, 6.45) is 0.804. The highest BCUT2D eigenvalue weighted by atomic mass is 16.5. The maximum atomic E-state index is 11.1. The van der Waals surface area contributed by atoms with E-state index in [4.69, 9.17) is 10.5 Å². The SMILES string of the molecule is CCOc1cc(CC(N)C(C)C)ccc1NC(C)=O. The monoisotopic (exact) mass is 264 g/mol. The molecule has 0 saturated heterocycles. The molecule has 1 aromatic carbocycles. The summed E-state index contributed by atoms with van der Waals surface area (Å²) in [6.45, 7) is 8.19. The van der Waals surface area contributed by atoms with E-state index in [0.29, 0.717) is 24.0 Å². The van der Waals surface area contributed by atoms with E-state index in [-0.39, 0.29) is 11.9 Å². The highest BCUT2D eigenvalue weighted by Crippen LogP contribution is 2.27. The van der Waals surface area contributed by atoms with Crippen molar-refractivity contribution in [3.05, 3.63) is 23.8 Å². The van der Waals surface area contributed by atoms with Gasteiger partial charge in [-0.05, 0) is 37.0 Å². The van der Waals surface area contributed by atoms with Crippen LogP contribution in [-0.4, -0.2) is 18.6 Å². The van der Waals surface area contributed by atoms with Crippen LogP contribution in [0.5, 0.6) is 5.75 Å². The Hall–Kier alpha value is -1.55. The van der Waals surface area contributed by atoms with Crippen molar-refractivity contribution in [1.29, 1.82) is 0 Å². The molecule has 0 spiro atoms. The van der Waals surface area contributed by atoms with Crippen LogP contribution in [0.3, 0.4) is 0 Å². The lowest BCUT2D eigenvalue weighted by Crippen LogP contribution is -2.28. The van der Waals surface area contributed by atoms with Gasteiger partial charge in [-0.1, -0.05) is 19.9 Å². The van der Waals surface area contributed by atoms with Crippen LogP contribution in [0.15, 0.2) is 18.2 Å². The molecule has 0 radical (unpaired) electrons. The van der Waals surface area contributed by atoms with Crippen molar-refractivity contribution in [3.8, 4) is 5.75 Å². The van der Waals surface area contributed by atoms with Crippen LogP contribution >= 0.6 is 0 Å². The zero-order valence-corrected chi connectivity index (χ0v) is 12.2. The average Bonchev–Trinajstić information content (AvgIpc) is 2.32.